The van der Waals surface area contributed by atoms with Crippen LogP contribution in [0.4, 0.5) is 5.69 Å². The van der Waals surface area contributed by atoms with Gasteiger partial charge in [-0.05, 0) is 24.3 Å². The second-order valence-electron chi connectivity index (χ2n) is 5.43. The van der Waals surface area contributed by atoms with Crippen LogP contribution in [0.5, 0.6) is 5.75 Å². The average Bonchev–Trinajstić information content (AvgIpc) is 3.21. The van der Waals surface area contributed by atoms with Crippen molar-refractivity contribution >= 4 is 17.6 Å². The van der Waals surface area contributed by atoms with Gasteiger partial charge in [0.05, 0.1) is 14.2 Å². The lowest BCUT2D eigenvalue weighted by Gasteiger charge is -2.17. The van der Waals surface area contributed by atoms with E-state index in [1.54, 1.807) is 24.6 Å². The van der Waals surface area contributed by atoms with Gasteiger partial charge in [0.2, 0.25) is 0 Å². The molecule has 1 atom stereocenters. The quantitative estimate of drug-likeness (QED) is 0.803. The van der Waals surface area contributed by atoms with Crippen molar-refractivity contribution in [1.82, 2.24) is 5.32 Å². The number of anilines is 1. The summed E-state index contributed by atoms with van der Waals surface area (Å²) in [4.78, 5) is 24.4. The van der Waals surface area contributed by atoms with Crippen LogP contribution in [-0.2, 0) is 9.47 Å². The smallest absolute Gasteiger partial charge is 0.341 e. The van der Waals surface area contributed by atoms with Crippen LogP contribution in [0.3, 0.4) is 0 Å². The molecule has 2 aromatic rings. The fraction of sp³-hybridized carbons (Fsp3) is 0.158. The number of methoxy groups -OCH3 is 2. The number of amides is 1. The third-order valence-electron chi connectivity index (χ3n) is 3.89. The van der Waals surface area contributed by atoms with Crippen LogP contribution >= 0.6 is 0 Å². The zero-order valence-electron chi connectivity index (χ0n) is 14.3. The van der Waals surface area contributed by atoms with E-state index in [9.17, 15) is 9.59 Å². The lowest BCUT2D eigenvalue weighted by atomic mass is 10.1. The van der Waals surface area contributed by atoms with Crippen molar-refractivity contribution in [1.29, 1.82) is 0 Å². The Morgan fingerprint density at radius 3 is 2.65 bits per heavy atom. The van der Waals surface area contributed by atoms with Crippen molar-refractivity contribution in [2.45, 2.75) is 6.23 Å². The second-order valence-corrected chi connectivity index (χ2v) is 5.43. The van der Waals surface area contributed by atoms with Gasteiger partial charge in [-0.3, -0.25) is 4.79 Å². The Kier molecular flexibility index (Phi) is 5.07. The predicted molar refractivity (Wildman–Crippen MR) is 94.8 cm³/mol. The summed E-state index contributed by atoms with van der Waals surface area (Å²) in [7, 11) is 2.71. The summed E-state index contributed by atoms with van der Waals surface area (Å²) in [5.41, 5.74) is 2.02. The Morgan fingerprint density at radius 2 is 1.96 bits per heavy atom. The first kappa shape index (κ1) is 17.3. The van der Waals surface area contributed by atoms with Crippen molar-refractivity contribution in [3.05, 3.63) is 71.6 Å². The molecule has 0 spiro atoms. The average molecular weight is 354 g/mol. The van der Waals surface area contributed by atoms with Crippen molar-refractivity contribution in [3.8, 4) is 5.75 Å². The molecule has 0 bridgehead atoms. The zero-order valence-corrected chi connectivity index (χ0v) is 14.3. The van der Waals surface area contributed by atoms with Gasteiger partial charge in [-0.15, -0.1) is 0 Å². The molecule has 1 aliphatic rings. The van der Waals surface area contributed by atoms with Gasteiger partial charge in [-0.1, -0.05) is 18.2 Å². The number of hydrogen-bond acceptors (Lipinski definition) is 6. The number of ether oxygens (including phenoxy) is 3. The van der Waals surface area contributed by atoms with Crippen LogP contribution in [0.2, 0.25) is 0 Å². The maximum atomic E-state index is 12.6. The van der Waals surface area contributed by atoms with Gasteiger partial charge in [0, 0.05) is 23.0 Å². The van der Waals surface area contributed by atoms with Crippen molar-refractivity contribution < 1.29 is 23.8 Å². The fourth-order valence-corrected chi connectivity index (χ4v) is 2.59. The number of carbonyl (C=O) groups excluding carboxylic acids is 2. The van der Waals surface area contributed by atoms with Gasteiger partial charge < -0.3 is 24.8 Å². The summed E-state index contributed by atoms with van der Waals surface area (Å²) in [6.07, 6.45) is 2.89. The number of para-hydroxylation sites is 1. The molecule has 0 aromatic heterocycles. The van der Waals surface area contributed by atoms with E-state index in [0.717, 1.165) is 5.56 Å². The summed E-state index contributed by atoms with van der Waals surface area (Å²) < 4.78 is 15.3. The number of esters is 1. The first-order valence-electron chi connectivity index (χ1n) is 7.87. The standard InChI is InChI=1S/C19H18N2O5/c1-24-16-11-12(7-8-14(16)19(23)25-2)17(22)21-15-6-4-3-5-13(15)18-20-9-10-26-18/h3-11,18,20H,1-2H3,(H,21,22). The summed E-state index contributed by atoms with van der Waals surface area (Å²) in [6, 6.07) is 11.9. The maximum absolute atomic E-state index is 12.6. The van der Waals surface area contributed by atoms with Crippen molar-refractivity contribution in [3.63, 3.8) is 0 Å². The molecule has 0 fully saturated rings. The van der Waals surface area contributed by atoms with Crippen molar-refractivity contribution in [2.75, 3.05) is 19.5 Å². The molecule has 0 saturated carbocycles. The molecule has 2 N–H and O–H groups in total. The first-order valence-corrected chi connectivity index (χ1v) is 7.87. The Balaban J connectivity index is 1.84. The molecule has 7 nitrogen and oxygen atoms in total. The van der Waals surface area contributed by atoms with Crippen LogP contribution in [0.15, 0.2) is 54.9 Å². The van der Waals surface area contributed by atoms with E-state index in [2.05, 4.69) is 10.6 Å². The second kappa shape index (κ2) is 7.60. The molecule has 1 amide bonds. The summed E-state index contributed by atoms with van der Waals surface area (Å²) in [5.74, 6) is -0.600. The Labute approximate surface area is 150 Å². The molecule has 26 heavy (non-hydrogen) atoms. The minimum Gasteiger partial charge on any atom is -0.496 e. The normalized spacial score (nSPS) is 14.9. The zero-order chi connectivity index (χ0) is 18.5. The molecule has 0 radical (unpaired) electrons. The van der Waals surface area contributed by atoms with Crippen LogP contribution in [0.25, 0.3) is 0 Å². The van der Waals surface area contributed by atoms with Crippen LogP contribution in [0, 0.1) is 0 Å². The molecule has 0 aliphatic carbocycles. The largest absolute Gasteiger partial charge is 0.496 e. The molecule has 2 aromatic carbocycles. The first-order chi connectivity index (χ1) is 12.6. The highest BCUT2D eigenvalue weighted by Gasteiger charge is 2.20. The topological polar surface area (TPSA) is 85.9 Å². The molecule has 1 unspecified atom stereocenters. The van der Waals surface area contributed by atoms with E-state index in [1.165, 1.54) is 26.4 Å². The minimum absolute atomic E-state index is 0.251. The summed E-state index contributed by atoms with van der Waals surface area (Å²) in [5, 5.41) is 5.90. The molecule has 1 aliphatic heterocycles. The molecule has 0 saturated heterocycles. The molecular formula is C19H18N2O5. The molecule has 1 heterocycles. The van der Waals surface area contributed by atoms with Gasteiger partial charge in [-0.2, -0.15) is 0 Å². The lowest BCUT2D eigenvalue weighted by Crippen LogP contribution is -2.18. The van der Waals surface area contributed by atoms with Crippen LogP contribution in [0.1, 0.15) is 32.5 Å². The fourth-order valence-electron chi connectivity index (χ4n) is 2.59. The molecule has 7 heteroatoms. The number of benzene rings is 2. The molecular weight excluding hydrogens is 336 g/mol. The lowest BCUT2D eigenvalue weighted by molar-refractivity contribution is 0.0596. The maximum Gasteiger partial charge on any atom is 0.341 e. The van der Waals surface area contributed by atoms with E-state index in [-0.39, 0.29) is 23.4 Å². The van der Waals surface area contributed by atoms with Gasteiger partial charge in [0.1, 0.15) is 17.6 Å². The number of rotatable bonds is 5. The summed E-state index contributed by atoms with van der Waals surface area (Å²) >= 11 is 0. The van der Waals surface area contributed by atoms with E-state index in [4.69, 9.17) is 14.2 Å². The summed E-state index contributed by atoms with van der Waals surface area (Å²) in [6.45, 7) is 0. The third kappa shape index (κ3) is 3.46. The monoisotopic (exact) mass is 354 g/mol. The van der Waals surface area contributed by atoms with Crippen LogP contribution in [-0.4, -0.2) is 26.1 Å². The number of carbonyl (C=O) groups is 2. The molecule has 134 valence electrons. The van der Waals surface area contributed by atoms with E-state index in [0.29, 0.717) is 11.3 Å². The number of hydrogen-bond donors (Lipinski definition) is 2. The highest BCUT2D eigenvalue weighted by Crippen LogP contribution is 2.27. The van der Waals surface area contributed by atoms with Crippen LogP contribution < -0.4 is 15.4 Å². The van der Waals surface area contributed by atoms with Crippen molar-refractivity contribution in [2.24, 2.45) is 0 Å². The van der Waals surface area contributed by atoms with E-state index < -0.39 is 5.97 Å². The van der Waals surface area contributed by atoms with E-state index in [1.807, 2.05) is 18.2 Å². The highest BCUT2D eigenvalue weighted by atomic mass is 16.5. The minimum atomic E-state index is -0.531. The van der Waals surface area contributed by atoms with E-state index >= 15 is 0 Å². The van der Waals surface area contributed by atoms with Gasteiger partial charge in [-0.25, -0.2) is 4.79 Å². The predicted octanol–water partition coefficient (Wildman–Crippen LogP) is 2.82. The Hall–Kier alpha value is -3.48. The number of nitrogens with one attached hydrogen (secondary N) is 2. The Morgan fingerprint density at radius 1 is 1.15 bits per heavy atom. The van der Waals surface area contributed by atoms with Gasteiger partial charge in [0.15, 0.2) is 6.23 Å². The highest BCUT2D eigenvalue weighted by molar-refractivity contribution is 6.06. The SMILES string of the molecule is COC(=O)c1ccc(C(=O)Nc2ccccc2C2NC=CO2)cc1OC. The van der Waals surface area contributed by atoms with Gasteiger partial charge >= 0.3 is 5.97 Å². The molecule has 3 rings (SSSR count). The van der Waals surface area contributed by atoms with Gasteiger partial charge in [0.25, 0.3) is 5.91 Å². The Bertz CT molecular complexity index is 855. The third-order valence-corrected chi connectivity index (χ3v) is 3.89.